The van der Waals surface area contributed by atoms with Gasteiger partial charge in [-0.15, -0.1) is 0 Å². The Morgan fingerprint density at radius 3 is 2.52 bits per heavy atom. The first kappa shape index (κ1) is 13.8. The summed E-state index contributed by atoms with van der Waals surface area (Å²) in [6, 6.07) is 12.9. The number of rotatable bonds is 1. The average Bonchev–Trinajstić information content (AvgIpc) is 2.75. The van der Waals surface area contributed by atoms with Crippen LogP contribution in [-0.2, 0) is 12.0 Å². The number of para-hydroxylation sites is 1. The van der Waals surface area contributed by atoms with Crippen molar-refractivity contribution in [1.82, 2.24) is 0 Å². The minimum absolute atomic E-state index is 0.00308. The number of benzene rings is 2. The van der Waals surface area contributed by atoms with Gasteiger partial charge in [0.15, 0.2) is 0 Å². The fraction of sp³-hybridized carbons (Fsp3) is 0.278. The zero-order chi connectivity index (χ0) is 15.2. The van der Waals surface area contributed by atoms with Crippen LogP contribution in [0.25, 0.3) is 0 Å². The minimum atomic E-state index is -0.288. The molecule has 0 radical (unpaired) electrons. The third-order valence-corrected chi connectivity index (χ3v) is 3.93. The molecule has 3 rings (SSSR count). The number of fused-ring (bicyclic) bond motifs is 1. The Morgan fingerprint density at radius 1 is 1.10 bits per heavy atom. The first-order valence-corrected chi connectivity index (χ1v) is 7.12. The van der Waals surface area contributed by atoms with Crippen molar-refractivity contribution in [3.63, 3.8) is 0 Å². The summed E-state index contributed by atoms with van der Waals surface area (Å²) in [5, 5.41) is 8.38. The van der Waals surface area contributed by atoms with Crippen LogP contribution in [-0.4, -0.2) is 5.84 Å². The molecule has 2 aromatic carbocycles. The molecule has 0 aromatic heterocycles. The summed E-state index contributed by atoms with van der Waals surface area (Å²) in [5.41, 5.74) is 3.93. The molecule has 2 nitrogen and oxygen atoms in total. The van der Waals surface area contributed by atoms with E-state index in [1.807, 2.05) is 23.1 Å². The summed E-state index contributed by atoms with van der Waals surface area (Å²) in [7, 11) is 0. The largest absolute Gasteiger partial charge is 0.322 e. The quantitative estimate of drug-likeness (QED) is 0.821. The van der Waals surface area contributed by atoms with Gasteiger partial charge in [-0.05, 0) is 34.7 Å². The van der Waals surface area contributed by atoms with Gasteiger partial charge in [-0.3, -0.25) is 5.41 Å². The lowest BCUT2D eigenvalue weighted by atomic mass is 9.85. The molecular formula is C18H19FN2. The Hall–Kier alpha value is -2.16. The van der Waals surface area contributed by atoms with Gasteiger partial charge in [-0.25, -0.2) is 4.39 Å². The molecule has 1 N–H and O–H groups in total. The van der Waals surface area contributed by atoms with Gasteiger partial charge in [-0.2, -0.15) is 0 Å². The first-order valence-electron chi connectivity index (χ1n) is 7.12. The Bertz CT molecular complexity index is 713. The zero-order valence-electron chi connectivity index (χ0n) is 12.6. The molecule has 0 fully saturated rings. The van der Waals surface area contributed by atoms with Crippen LogP contribution in [0.3, 0.4) is 0 Å². The summed E-state index contributed by atoms with van der Waals surface area (Å²) < 4.78 is 13.4. The van der Waals surface area contributed by atoms with Crippen LogP contribution < -0.4 is 4.90 Å². The Labute approximate surface area is 124 Å². The highest BCUT2D eigenvalue weighted by molar-refractivity contribution is 6.12. The Morgan fingerprint density at radius 2 is 1.81 bits per heavy atom. The van der Waals surface area contributed by atoms with Crippen LogP contribution in [0, 0.1) is 11.2 Å². The SMILES string of the molecule is CC(C)(C)c1ccccc1N1Cc2ccc(F)cc2C1=N. The lowest BCUT2D eigenvalue weighted by Crippen LogP contribution is -2.27. The van der Waals surface area contributed by atoms with Crippen LogP contribution in [0.5, 0.6) is 0 Å². The molecular weight excluding hydrogens is 263 g/mol. The molecule has 0 spiro atoms. The summed E-state index contributed by atoms with van der Waals surface area (Å²) in [6.45, 7) is 7.12. The number of halogens is 1. The molecule has 3 heteroatoms. The van der Waals surface area contributed by atoms with Crippen molar-refractivity contribution in [3.8, 4) is 0 Å². The molecule has 0 saturated heterocycles. The van der Waals surface area contributed by atoms with Gasteiger partial charge in [0, 0.05) is 11.3 Å². The van der Waals surface area contributed by atoms with E-state index in [1.54, 1.807) is 6.07 Å². The highest BCUT2D eigenvalue weighted by atomic mass is 19.1. The number of amidine groups is 1. The van der Waals surface area contributed by atoms with Crippen molar-refractivity contribution < 1.29 is 4.39 Å². The second kappa shape index (κ2) is 4.69. The Kier molecular flexibility index (Phi) is 3.08. The van der Waals surface area contributed by atoms with Gasteiger partial charge in [0.25, 0.3) is 0 Å². The minimum Gasteiger partial charge on any atom is -0.322 e. The van der Waals surface area contributed by atoms with E-state index in [9.17, 15) is 4.39 Å². The normalized spacial score (nSPS) is 14.5. The van der Waals surface area contributed by atoms with Crippen LogP contribution in [0.15, 0.2) is 42.5 Å². The second-order valence-electron chi connectivity index (χ2n) is 6.50. The highest BCUT2D eigenvalue weighted by Crippen LogP contribution is 2.36. The summed E-state index contributed by atoms with van der Waals surface area (Å²) >= 11 is 0. The molecule has 0 saturated carbocycles. The molecule has 21 heavy (non-hydrogen) atoms. The molecule has 0 unspecified atom stereocenters. The topological polar surface area (TPSA) is 27.1 Å². The number of hydrogen-bond acceptors (Lipinski definition) is 1. The van der Waals surface area contributed by atoms with Crippen LogP contribution in [0.2, 0.25) is 0 Å². The van der Waals surface area contributed by atoms with E-state index in [0.717, 1.165) is 11.3 Å². The fourth-order valence-electron chi connectivity index (χ4n) is 2.85. The van der Waals surface area contributed by atoms with E-state index in [4.69, 9.17) is 5.41 Å². The van der Waals surface area contributed by atoms with Crippen LogP contribution in [0.4, 0.5) is 10.1 Å². The van der Waals surface area contributed by atoms with E-state index in [1.165, 1.54) is 17.7 Å². The maximum absolute atomic E-state index is 13.4. The predicted molar refractivity (Wildman–Crippen MR) is 84.6 cm³/mol. The van der Waals surface area contributed by atoms with Gasteiger partial charge in [0.1, 0.15) is 11.7 Å². The van der Waals surface area contributed by atoms with Crippen molar-refractivity contribution in [2.75, 3.05) is 4.90 Å². The lowest BCUT2D eigenvalue weighted by molar-refractivity contribution is 0.590. The van der Waals surface area contributed by atoms with Crippen molar-refractivity contribution in [2.24, 2.45) is 0 Å². The number of nitrogens with one attached hydrogen (secondary N) is 1. The van der Waals surface area contributed by atoms with Crippen molar-refractivity contribution in [1.29, 1.82) is 5.41 Å². The highest BCUT2D eigenvalue weighted by Gasteiger charge is 2.29. The molecule has 2 aromatic rings. The maximum Gasteiger partial charge on any atom is 0.133 e. The zero-order valence-corrected chi connectivity index (χ0v) is 12.6. The van der Waals surface area contributed by atoms with Gasteiger partial charge in [0.05, 0.1) is 6.54 Å². The lowest BCUT2D eigenvalue weighted by Gasteiger charge is -2.28. The third-order valence-electron chi connectivity index (χ3n) is 3.93. The third kappa shape index (κ3) is 2.33. The number of anilines is 1. The molecule has 1 aliphatic heterocycles. The molecule has 1 aliphatic rings. The van der Waals surface area contributed by atoms with Crippen LogP contribution >= 0.6 is 0 Å². The summed E-state index contributed by atoms with van der Waals surface area (Å²) in [4.78, 5) is 1.96. The maximum atomic E-state index is 13.4. The summed E-state index contributed by atoms with van der Waals surface area (Å²) in [5.74, 6) is 0.0886. The van der Waals surface area contributed by atoms with Gasteiger partial charge in [-0.1, -0.05) is 45.0 Å². The monoisotopic (exact) mass is 282 g/mol. The summed E-state index contributed by atoms with van der Waals surface area (Å²) in [6.07, 6.45) is 0. The molecule has 108 valence electrons. The smallest absolute Gasteiger partial charge is 0.133 e. The van der Waals surface area contributed by atoms with Crippen molar-refractivity contribution >= 4 is 11.5 Å². The van der Waals surface area contributed by atoms with Gasteiger partial charge in [0.2, 0.25) is 0 Å². The van der Waals surface area contributed by atoms with E-state index < -0.39 is 0 Å². The first-order chi connectivity index (χ1) is 9.88. The standard InChI is InChI=1S/C18H19FN2/c1-18(2,3)15-6-4-5-7-16(15)21-11-12-8-9-13(19)10-14(12)17(21)20/h4-10,20H,11H2,1-3H3. The van der Waals surface area contributed by atoms with E-state index in [-0.39, 0.29) is 11.2 Å². The van der Waals surface area contributed by atoms with Gasteiger partial charge < -0.3 is 4.90 Å². The molecule has 0 atom stereocenters. The van der Waals surface area contributed by atoms with E-state index in [0.29, 0.717) is 17.9 Å². The van der Waals surface area contributed by atoms with Crippen LogP contribution in [0.1, 0.15) is 37.5 Å². The molecule has 0 amide bonds. The molecule has 0 bridgehead atoms. The number of hydrogen-bond donors (Lipinski definition) is 1. The average molecular weight is 282 g/mol. The van der Waals surface area contributed by atoms with Crippen molar-refractivity contribution in [2.45, 2.75) is 32.7 Å². The number of nitrogens with zero attached hydrogens (tertiary/aromatic N) is 1. The van der Waals surface area contributed by atoms with Gasteiger partial charge >= 0.3 is 0 Å². The Balaban J connectivity index is 2.07. The molecule has 1 heterocycles. The van der Waals surface area contributed by atoms with Crippen molar-refractivity contribution in [3.05, 3.63) is 65.0 Å². The van der Waals surface area contributed by atoms with E-state index >= 15 is 0 Å². The second-order valence-corrected chi connectivity index (χ2v) is 6.50. The predicted octanol–water partition coefficient (Wildman–Crippen LogP) is 4.47. The molecule has 0 aliphatic carbocycles. The van der Waals surface area contributed by atoms with E-state index in [2.05, 4.69) is 26.8 Å². The fourth-order valence-corrected chi connectivity index (χ4v) is 2.85.